The highest BCUT2D eigenvalue weighted by Crippen LogP contribution is 2.43. The molecule has 294 valence electrons. The second kappa shape index (κ2) is 15.2. The first-order valence-corrected chi connectivity index (χ1v) is 20.6. The Balaban J connectivity index is 1.28. The summed E-state index contributed by atoms with van der Waals surface area (Å²) < 4.78 is 30.7. The van der Waals surface area contributed by atoms with Gasteiger partial charge < -0.3 is 24.7 Å². The van der Waals surface area contributed by atoms with Gasteiger partial charge in [-0.05, 0) is 62.8 Å². The smallest absolute Gasteiger partial charge is 0.324 e. The van der Waals surface area contributed by atoms with E-state index in [1.54, 1.807) is 13.2 Å². The summed E-state index contributed by atoms with van der Waals surface area (Å²) in [6.45, 7) is 13.2. The van der Waals surface area contributed by atoms with Gasteiger partial charge in [0, 0.05) is 91.7 Å². The van der Waals surface area contributed by atoms with Crippen molar-refractivity contribution in [2.75, 3.05) is 51.3 Å². The zero-order valence-electron chi connectivity index (χ0n) is 32.6. The van der Waals surface area contributed by atoms with E-state index in [-0.39, 0.29) is 30.9 Å². The quantitative estimate of drug-likeness (QED) is 0.244. The van der Waals surface area contributed by atoms with E-state index in [9.17, 15) is 9.59 Å². The van der Waals surface area contributed by atoms with Crippen molar-refractivity contribution in [3.05, 3.63) is 51.9 Å². The number of aromatic nitrogens is 3. The molecule has 3 N–H and O–H groups in total. The van der Waals surface area contributed by atoms with Crippen LogP contribution in [0.3, 0.4) is 0 Å². The summed E-state index contributed by atoms with van der Waals surface area (Å²) in [5, 5.41) is 4.72. The summed E-state index contributed by atoms with van der Waals surface area (Å²) in [5.74, 6) is -1.10. The number of nitrogens with one attached hydrogen (secondary N) is 1. The molecule has 6 heterocycles. The van der Waals surface area contributed by atoms with Crippen LogP contribution in [0.5, 0.6) is 0 Å². The fourth-order valence-electron chi connectivity index (χ4n) is 8.47. The zero-order valence-corrected chi connectivity index (χ0v) is 33.4. The summed E-state index contributed by atoms with van der Waals surface area (Å²) in [4.78, 5) is 41.8. The number of hydrogen-bond donors (Lipinski definition) is 2. The largest absolute Gasteiger partial charge is 0.464 e. The van der Waals surface area contributed by atoms with E-state index in [2.05, 4.69) is 46.6 Å². The number of rotatable bonds is 6. The number of pyridine rings is 1. The first-order valence-electron chi connectivity index (χ1n) is 19.8. The standard InChI is InChI=1S/C41H53FN8O4S/c1-6-27-28-17-31(42)29-18-35(28)49(38(27)30-16-26(20-44-37(30)24(2)53-5)48-14-12-47(13-15-48)25-9-10-25)22-41(3,4)23-54-40(52)33-8-7-11-50(46-33)39(51)32(43)19-36-45-34(29)21-55-36/h16-18,20-21,24-25,32-33,46H,6-15,19,22-23,43H2,1-5H3/t24-,32-,33-/m0/s1. The Labute approximate surface area is 326 Å². The Hall–Kier alpha value is -3.95. The average molecular weight is 773 g/mol. The lowest BCUT2D eigenvalue weighted by Gasteiger charge is -2.36. The maximum absolute atomic E-state index is 16.4. The number of nitrogens with two attached hydrogens (primary N) is 1. The molecule has 1 aromatic carbocycles. The molecule has 0 radical (unpaired) electrons. The van der Waals surface area contributed by atoms with Crippen LogP contribution in [0.1, 0.15) is 75.7 Å². The van der Waals surface area contributed by atoms with Crippen LogP contribution in [0.15, 0.2) is 29.8 Å². The van der Waals surface area contributed by atoms with Crippen molar-refractivity contribution < 1.29 is 23.5 Å². The number of amides is 1. The fourth-order valence-corrected chi connectivity index (χ4v) is 9.33. The summed E-state index contributed by atoms with van der Waals surface area (Å²) in [6.07, 6.45) is 6.28. The zero-order chi connectivity index (χ0) is 38.6. The number of carbonyl (C=O) groups excluding carboxylic acids is 2. The Morgan fingerprint density at radius 1 is 1.11 bits per heavy atom. The van der Waals surface area contributed by atoms with E-state index in [0.717, 1.165) is 71.3 Å². The van der Waals surface area contributed by atoms with Crippen LogP contribution < -0.4 is 16.1 Å². The van der Waals surface area contributed by atoms with Crippen LogP contribution in [-0.2, 0) is 38.4 Å². The summed E-state index contributed by atoms with van der Waals surface area (Å²) >= 11 is 1.36. The number of fused-ring (bicyclic) bond motifs is 6. The average Bonchev–Trinajstić information content (AvgIpc) is 3.88. The SMILES string of the molecule is CCc1c(-c2cc(N3CCN(C4CC4)CC3)cnc2[C@H](C)OC)n2c3cc(c(F)cc13)-c1csc(n1)C[C@H](N)C(=O)N1CCC[C@H](N1)C(=O)OCC(C)(C)C2. The number of hydrogen-bond acceptors (Lipinski definition) is 11. The summed E-state index contributed by atoms with van der Waals surface area (Å²) in [5.41, 5.74) is 15.4. The number of cyclic esters (lactones) is 1. The van der Waals surface area contributed by atoms with Crippen molar-refractivity contribution in [2.24, 2.45) is 11.1 Å². The molecule has 1 aliphatic carbocycles. The monoisotopic (exact) mass is 772 g/mol. The van der Waals surface area contributed by atoms with E-state index in [1.807, 2.05) is 24.6 Å². The van der Waals surface area contributed by atoms with Crippen LogP contribution in [0, 0.1) is 11.2 Å². The number of aryl methyl sites for hydroxylation is 1. The molecule has 3 atom stereocenters. The van der Waals surface area contributed by atoms with Crippen molar-refractivity contribution in [3.63, 3.8) is 0 Å². The molecule has 6 bridgehead atoms. The van der Waals surface area contributed by atoms with Gasteiger partial charge in [0.25, 0.3) is 5.91 Å². The van der Waals surface area contributed by atoms with Gasteiger partial charge >= 0.3 is 5.97 Å². The molecule has 1 saturated carbocycles. The number of piperazine rings is 1. The highest BCUT2D eigenvalue weighted by molar-refractivity contribution is 7.10. The molecule has 12 nitrogen and oxygen atoms in total. The van der Waals surface area contributed by atoms with Gasteiger partial charge in [0.15, 0.2) is 0 Å². The van der Waals surface area contributed by atoms with Gasteiger partial charge in [-0.2, -0.15) is 0 Å². The van der Waals surface area contributed by atoms with E-state index in [0.29, 0.717) is 48.6 Å². The number of esters is 1. The van der Waals surface area contributed by atoms with Crippen LogP contribution in [0.2, 0.25) is 0 Å². The van der Waals surface area contributed by atoms with Crippen LogP contribution in [0.25, 0.3) is 33.4 Å². The molecule has 3 aromatic heterocycles. The number of hydrazine groups is 1. The fraction of sp³-hybridized carbons (Fsp3) is 0.561. The van der Waals surface area contributed by atoms with Gasteiger partial charge in [0.1, 0.15) is 11.9 Å². The van der Waals surface area contributed by atoms with Crippen molar-refractivity contribution in [3.8, 4) is 22.5 Å². The number of methoxy groups -OCH3 is 1. The lowest BCUT2D eigenvalue weighted by molar-refractivity contribution is -0.155. The molecule has 0 unspecified atom stereocenters. The molecule has 3 fully saturated rings. The predicted molar refractivity (Wildman–Crippen MR) is 212 cm³/mol. The van der Waals surface area contributed by atoms with E-state index in [4.69, 9.17) is 25.2 Å². The van der Waals surface area contributed by atoms with Crippen molar-refractivity contribution in [1.29, 1.82) is 0 Å². The first kappa shape index (κ1) is 37.9. The molecule has 1 amide bonds. The van der Waals surface area contributed by atoms with Crippen molar-refractivity contribution >= 4 is 39.8 Å². The van der Waals surface area contributed by atoms with Gasteiger partial charge in [-0.15, -0.1) is 11.3 Å². The topological polar surface area (TPSA) is 131 Å². The van der Waals surface area contributed by atoms with Gasteiger partial charge in [-0.1, -0.05) is 20.8 Å². The van der Waals surface area contributed by atoms with E-state index in [1.165, 1.54) is 29.2 Å². The highest BCUT2D eigenvalue weighted by atomic mass is 32.1. The molecule has 3 aliphatic heterocycles. The third-order valence-electron chi connectivity index (χ3n) is 11.7. The molecule has 14 heteroatoms. The van der Waals surface area contributed by atoms with Crippen molar-refractivity contribution in [2.45, 2.75) is 97.0 Å². The van der Waals surface area contributed by atoms with Crippen LogP contribution in [-0.4, -0.2) is 101 Å². The summed E-state index contributed by atoms with van der Waals surface area (Å²) in [7, 11) is 1.70. The van der Waals surface area contributed by atoms with Gasteiger partial charge in [0.05, 0.1) is 52.7 Å². The Bertz CT molecular complexity index is 2090. The van der Waals surface area contributed by atoms with Crippen LogP contribution in [0.4, 0.5) is 10.1 Å². The van der Waals surface area contributed by atoms with Crippen LogP contribution >= 0.6 is 11.3 Å². The molecular formula is C41H53FN8O4S. The summed E-state index contributed by atoms with van der Waals surface area (Å²) in [6, 6.07) is 4.97. The number of anilines is 1. The predicted octanol–water partition coefficient (Wildman–Crippen LogP) is 5.47. The third-order valence-corrected chi connectivity index (χ3v) is 12.6. The number of carbonyl (C=O) groups is 2. The van der Waals surface area contributed by atoms with Gasteiger partial charge in [-0.25, -0.2) is 14.8 Å². The number of ether oxygens (including phenoxy) is 2. The van der Waals surface area contributed by atoms with E-state index < -0.39 is 23.5 Å². The molecule has 8 rings (SSSR count). The van der Waals surface area contributed by atoms with Gasteiger partial charge in [0.2, 0.25) is 0 Å². The molecule has 4 aromatic rings. The Morgan fingerprint density at radius 3 is 2.62 bits per heavy atom. The second-order valence-corrected chi connectivity index (χ2v) is 17.3. The maximum atomic E-state index is 16.4. The number of nitrogens with zero attached hydrogens (tertiary/aromatic N) is 6. The number of halogens is 1. The molecule has 55 heavy (non-hydrogen) atoms. The maximum Gasteiger partial charge on any atom is 0.324 e. The molecular weight excluding hydrogens is 720 g/mol. The first-order chi connectivity index (χ1) is 26.4. The van der Waals surface area contributed by atoms with E-state index >= 15 is 4.39 Å². The molecule has 0 spiro atoms. The highest BCUT2D eigenvalue weighted by Gasteiger charge is 2.35. The normalized spacial score (nSPS) is 23.2. The Kier molecular flexibility index (Phi) is 10.5. The molecule has 4 aliphatic rings. The Morgan fingerprint density at radius 2 is 1.89 bits per heavy atom. The minimum atomic E-state index is -0.881. The van der Waals surface area contributed by atoms with Gasteiger partial charge in [-0.3, -0.25) is 24.5 Å². The lowest BCUT2D eigenvalue weighted by atomic mass is 9.93. The minimum absolute atomic E-state index is 0.131. The second-order valence-electron chi connectivity index (χ2n) is 16.4. The number of benzene rings is 1. The third kappa shape index (κ3) is 7.51. The lowest BCUT2D eigenvalue weighted by Crippen LogP contribution is -2.59. The number of thiazole rings is 1. The minimum Gasteiger partial charge on any atom is -0.464 e. The van der Waals surface area contributed by atoms with Crippen molar-refractivity contribution in [1.82, 2.24) is 29.9 Å². The molecule has 2 saturated heterocycles.